The second-order valence-electron chi connectivity index (χ2n) is 3.66. The zero-order valence-corrected chi connectivity index (χ0v) is 10.4. The Kier molecular flexibility index (Phi) is 2.81. The molecule has 0 spiro atoms. The third-order valence-electron chi connectivity index (χ3n) is 2.37. The van der Waals surface area contributed by atoms with Crippen LogP contribution >= 0.6 is 11.6 Å². The minimum absolute atomic E-state index is 0.116. The predicted molar refractivity (Wildman–Crippen MR) is 69.6 cm³/mol. The fourth-order valence-corrected chi connectivity index (χ4v) is 1.65. The van der Waals surface area contributed by atoms with Gasteiger partial charge in [0.15, 0.2) is 5.82 Å². The van der Waals surface area contributed by atoms with Crippen molar-refractivity contribution in [2.75, 3.05) is 5.73 Å². The second-order valence-corrected chi connectivity index (χ2v) is 4.10. The van der Waals surface area contributed by atoms with Gasteiger partial charge in [-0.2, -0.15) is 24.7 Å². The van der Waals surface area contributed by atoms with E-state index in [0.717, 1.165) is 5.56 Å². The zero-order chi connectivity index (χ0) is 13.2. The highest BCUT2D eigenvalue weighted by Gasteiger charge is 2.08. The van der Waals surface area contributed by atoms with Crippen LogP contribution in [0.1, 0.15) is 0 Å². The van der Waals surface area contributed by atoms with Crippen molar-refractivity contribution in [2.24, 2.45) is 0 Å². The molecular weight excluding hydrogens is 266 g/mol. The molecule has 0 radical (unpaired) electrons. The second kappa shape index (κ2) is 4.62. The van der Waals surface area contributed by atoms with Crippen molar-refractivity contribution in [3.63, 3.8) is 0 Å². The molecule has 3 aromatic rings. The highest BCUT2D eigenvalue weighted by atomic mass is 35.5. The van der Waals surface area contributed by atoms with E-state index in [-0.39, 0.29) is 5.95 Å². The van der Waals surface area contributed by atoms with Gasteiger partial charge in [0, 0.05) is 10.6 Å². The zero-order valence-electron chi connectivity index (χ0n) is 9.60. The molecular formula is C11H8ClN7. The SMILES string of the molecule is Nc1nc(-c2ccc(Cl)cc2)nc(-n2cncn2)n1. The van der Waals surface area contributed by atoms with Gasteiger partial charge in [-0.05, 0) is 24.3 Å². The Bertz CT molecular complexity index is 694. The number of nitrogens with zero attached hydrogens (tertiary/aromatic N) is 6. The summed E-state index contributed by atoms with van der Waals surface area (Å²) in [7, 11) is 0. The maximum Gasteiger partial charge on any atom is 0.257 e. The lowest BCUT2D eigenvalue weighted by Gasteiger charge is -2.04. The summed E-state index contributed by atoms with van der Waals surface area (Å²) in [6.45, 7) is 0. The van der Waals surface area contributed by atoms with E-state index in [9.17, 15) is 0 Å². The van der Waals surface area contributed by atoms with Crippen LogP contribution in [0.2, 0.25) is 5.02 Å². The number of nitrogen functional groups attached to an aromatic ring is 1. The van der Waals surface area contributed by atoms with E-state index in [4.69, 9.17) is 17.3 Å². The van der Waals surface area contributed by atoms with Crippen LogP contribution in [0.25, 0.3) is 17.3 Å². The lowest BCUT2D eigenvalue weighted by atomic mass is 10.2. The van der Waals surface area contributed by atoms with Crippen molar-refractivity contribution < 1.29 is 0 Å². The molecule has 0 unspecified atom stereocenters. The van der Waals surface area contributed by atoms with Crippen LogP contribution in [0.4, 0.5) is 5.95 Å². The third-order valence-corrected chi connectivity index (χ3v) is 2.62. The van der Waals surface area contributed by atoms with E-state index in [2.05, 4.69) is 25.0 Å². The van der Waals surface area contributed by atoms with Gasteiger partial charge in [-0.25, -0.2) is 4.98 Å². The molecule has 1 aromatic carbocycles. The first-order valence-corrected chi connectivity index (χ1v) is 5.73. The summed E-state index contributed by atoms with van der Waals surface area (Å²) in [5.41, 5.74) is 6.47. The molecule has 0 fully saturated rings. The molecule has 0 saturated carbocycles. The highest BCUT2D eigenvalue weighted by molar-refractivity contribution is 6.30. The lowest BCUT2D eigenvalue weighted by Crippen LogP contribution is -2.07. The van der Waals surface area contributed by atoms with Crippen molar-refractivity contribution >= 4 is 17.5 Å². The molecule has 2 aromatic heterocycles. The Morgan fingerprint density at radius 2 is 1.84 bits per heavy atom. The fourth-order valence-electron chi connectivity index (χ4n) is 1.52. The van der Waals surface area contributed by atoms with Crippen molar-refractivity contribution in [3.05, 3.63) is 41.9 Å². The van der Waals surface area contributed by atoms with Gasteiger partial charge in [0.05, 0.1) is 0 Å². The summed E-state index contributed by atoms with van der Waals surface area (Å²) in [4.78, 5) is 16.2. The van der Waals surface area contributed by atoms with Crippen LogP contribution in [-0.2, 0) is 0 Å². The average molecular weight is 274 g/mol. The number of hydrogen-bond acceptors (Lipinski definition) is 6. The van der Waals surface area contributed by atoms with Crippen LogP contribution in [-0.4, -0.2) is 29.7 Å². The summed E-state index contributed by atoms with van der Waals surface area (Å²) in [6, 6.07) is 7.13. The van der Waals surface area contributed by atoms with Crippen molar-refractivity contribution in [1.82, 2.24) is 29.7 Å². The van der Waals surface area contributed by atoms with Gasteiger partial charge in [0.1, 0.15) is 12.7 Å². The molecule has 7 nitrogen and oxygen atoms in total. The number of nitrogens with two attached hydrogens (primary N) is 1. The topological polar surface area (TPSA) is 95.4 Å². The molecule has 3 rings (SSSR count). The quantitative estimate of drug-likeness (QED) is 0.757. The monoisotopic (exact) mass is 273 g/mol. The lowest BCUT2D eigenvalue weighted by molar-refractivity contribution is 0.800. The van der Waals surface area contributed by atoms with E-state index in [1.807, 2.05) is 12.1 Å². The molecule has 0 atom stereocenters. The minimum Gasteiger partial charge on any atom is -0.368 e. The Labute approximate surface area is 113 Å². The fraction of sp³-hybridized carbons (Fsp3) is 0. The van der Waals surface area contributed by atoms with Crippen molar-refractivity contribution in [3.8, 4) is 17.3 Å². The van der Waals surface area contributed by atoms with Crippen LogP contribution in [0, 0.1) is 0 Å². The molecule has 0 saturated heterocycles. The van der Waals surface area contributed by atoms with E-state index >= 15 is 0 Å². The molecule has 2 heterocycles. The third kappa shape index (κ3) is 2.36. The molecule has 0 amide bonds. The van der Waals surface area contributed by atoms with Crippen molar-refractivity contribution in [1.29, 1.82) is 0 Å². The first kappa shape index (κ1) is 11.5. The molecule has 8 heteroatoms. The predicted octanol–water partition coefficient (Wildman–Crippen LogP) is 1.35. The molecule has 19 heavy (non-hydrogen) atoms. The number of anilines is 1. The summed E-state index contributed by atoms with van der Waals surface area (Å²) in [5.74, 6) is 0.884. The molecule has 2 N–H and O–H groups in total. The first-order chi connectivity index (χ1) is 9.22. The Balaban J connectivity index is 2.10. The summed E-state index contributed by atoms with van der Waals surface area (Å²) in [5, 5.41) is 4.59. The molecule has 0 aliphatic heterocycles. The van der Waals surface area contributed by atoms with Gasteiger partial charge >= 0.3 is 0 Å². The standard InChI is InChI=1S/C11H8ClN7/c12-8-3-1-7(2-4-8)9-16-10(13)18-11(17-9)19-6-14-5-15-19/h1-6H,(H2,13,16,17,18). The number of halogens is 1. The highest BCUT2D eigenvalue weighted by Crippen LogP contribution is 2.19. The van der Waals surface area contributed by atoms with E-state index in [0.29, 0.717) is 16.8 Å². The Morgan fingerprint density at radius 3 is 2.53 bits per heavy atom. The number of hydrogen-bond donors (Lipinski definition) is 1. The molecule has 0 aliphatic carbocycles. The van der Waals surface area contributed by atoms with Crippen molar-refractivity contribution in [2.45, 2.75) is 0 Å². The molecule has 0 bridgehead atoms. The molecule has 0 aliphatic rings. The van der Waals surface area contributed by atoms with E-state index in [1.54, 1.807) is 12.1 Å². The Morgan fingerprint density at radius 1 is 1.05 bits per heavy atom. The number of aromatic nitrogens is 6. The van der Waals surface area contributed by atoms with Gasteiger partial charge in [0.2, 0.25) is 5.95 Å². The van der Waals surface area contributed by atoms with Crippen LogP contribution in [0.5, 0.6) is 0 Å². The summed E-state index contributed by atoms with van der Waals surface area (Å²) >= 11 is 5.84. The largest absolute Gasteiger partial charge is 0.368 e. The van der Waals surface area contributed by atoms with Gasteiger partial charge in [-0.15, -0.1) is 0 Å². The summed E-state index contributed by atoms with van der Waals surface area (Å²) in [6.07, 6.45) is 2.88. The Hall–Kier alpha value is -2.54. The number of benzene rings is 1. The maximum absolute atomic E-state index is 5.84. The van der Waals surface area contributed by atoms with Gasteiger partial charge in [-0.3, -0.25) is 0 Å². The van der Waals surface area contributed by atoms with Gasteiger partial charge in [-0.1, -0.05) is 11.6 Å². The number of rotatable bonds is 2. The normalized spacial score (nSPS) is 10.6. The van der Waals surface area contributed by atoms with E-state index in [1.165, 1.54) is 17.3 Å². The summed E-state index contributed by atoms with van der Waals surface area (Å²) < 4.78 is 1.41. The average Bonchev–Trinajstić information content (AvgIpc) is 2.93. The van der Waals surface area contributed by atoms with Gasteiger partial charge in [0.25, 0.3) is 5.95 Å². The smallest absolute Gasteiger partial charge is 0.257 e. The first-order valence-electron chi connectivity index (χ1n) is 5.35. The van der Waals surface area contributed by atoms with Crippen LogP contribution in [0.3, 0.4) is 0 Å². The van der Waals surface area contributed by atoms with Crippen LogP contribution < -0.4 is 5.73 Å². The maximum atomic E-state index is 5.84. The van der Waals surface area contributed by atoms with Crippen LogP contribution in [0.15, 0.2) is 36.9 Å². The van der Waals surface area contributed by atoms with Gasteiger partial charge < -0.3 is 5.73 Å². The minimum atomic E-state index is 0.116. The van der Waals surface area contributed by atoms with E-state index < -0.39 is 0 Å². The molecule has 94 valence electrons.